The first kappa shape index (κ1) is 17.5. The van der Waals surface area contributed by atoms with Gasteiger partial charge in [-0.15, -0.1) is 16.4 Å². The average molecular weight is 395 g/mol. The molecule has 1 N–H and O–H groups in total. The van der Waals surface area contributed by atoms with E-state index < -0.39 is 0 Å². The number of anilines is 1. The number of hydrogen-bond acceptors (Lipinski definition) is 6. The first-order valence-corrected chi connectivity index (χ1v) is 10.5. The number of rotatable bonds is 3. The molecule has 2 amide bonds. The Morgan fingerprint density at radius 3 is 2.89 bits per heavy atom. The number of likely N-dealkylation sites (tertiary alicyclic amines) is 1. The van der Waals surface area contributed by atoms with Crippen molar-refractivity contribution in [3.05, 3.63) is 47.6 Å². The highest BCUT2D eigenvalue weighted by Crippen LogP contribution is 2.34. The highest BCUT2D eigenvalue weighted by atomic mass is 32.1. The molecule has 2 aliphatic heterocycles. The third kappa shape index (κ3) is 3.02. The summed E-state index contributed by atoms with van der Waals surface area (Å²) in [4.78, 5) is 21.2. The molecule has 7 nitrogen and oxygen atoms in total. The molecular formula is C20H22N6OS. The number of hydrogen-bond donors (Lipinski definition) is 1. The maximum atomic E-state index is 12.5. The minimum Gasteiger partial charge on any atom is -0.330 e. The van der Waals surface area contributed by atoms with Gasteiger partial charge in [0.15, 0.2) is 5.82 Å². The van der Waals surface area contributed by atoms with E-state index in [9.17, 15) is 4.79 Å². The molecule has 1 spiro atoms. The van der Waals surface area contributed by atoms with Gasteiger partial charge in [0.2, 0.25) is 0 Å². The zero-order valence-corrected chi connectivity index (χ0v) is 16.5. The molecule has 3 aromatic rings. The van der Waals surface area contributed by atoms with Gasteiger partial charge in [0, 0.05) is 25.3 Å². The Morgan fingerprint density at radius 2 is 2.11 bits per heavy atom. The van der Waals surface area contributed by atoms with E-state index in [1.54, 1.807) is 22.4 Å². The summed E-state index contributed by atoms with van der Waals surface area (Å²) in [7, 11) is 0. The van der Waals surface area contributed by atoms with E-state index in [0.29, 0.717) is 18.4 Å². The lowest BCUT2D eigenvalue weighted by molar-refractivity contribution is 0.121. The van der Waals surface area contributed by atoms with E-state index in [-0.39, 0.29) is 11.6 Å². The zero-order chi connectivity index (χ0) is 19.1. The predicted octanol–water partition coefficient (Wildman–Crippen LogP) is 3.21. The maximum Gasteiger partial charge on any atom is 0.323 e. The standard InChI is InChI=1S/C20H22N6OS/c1-14(15-4-5-17-16(11-15)21-13-28-17)25-9-6-20(7-10-25)12-26(19(27)23-20)18-3-2-8-22-24-18/h2-5,8,11,13-14H,6-7,9-10,12H2,1H3,(H,23,27)/t14-/m0/s1. The van der Waals surface area contributed by atoms with Gasteiger partial charge in [-0.3, -0.25) is 9.80 Å². The van der Waals surface area contributed by atoms with Crippen LogP contribution in [0.5, 0.6) is 0 Å². The molecule has 2 aromatic heterocycles. The van der Waals surface area contributed by atoms with E-state index in [0.717, 1.165) is 31.4 Å². The van der Waals surface area contributed by atoms with Gasteiger partial charge in [-0.2, -0.15) is 5.10 Å². The molecule has 0 bridgehead atoms. The van der Waals surface area contributed by atoms with Crippen LogP contribution in [0.1, 0.15) is 31.4 Å². The lowest BCUT2D eigenvalue weighted by Crippen LogP contribution is -2.52. The van der Waals surface area contributed by atoms with Crippen LogP contribution in [0.3, 0.4) is 0 Å². The number of carbonyl (C=O) groups is 1. The van der Waals surface area contributed by atoms with Crippen LogP contribution in [0.15, 0.2) is 42.0 Å². The minimum atomic E-state index is -0.177. The summed E-state index contributed by atoms with van der Waals surface area (Å²) < 4.78 is 1.23. The largest absolute Gasteiger partial charge is 0.330 e. The predicted molar refractivity (Wildman–Crippen MR) is 109 cm³/mol. The number of urea groups is 1. The Hall–Kier alpha value is -2.58. The smallest absolute Gasteiger partial charge is 0.323 e. The Labute approximate surface area is 167 Å². The Kier molecular flexibility index (Phi) is 4.25. The summed E-state index contributed by atoms with van der Waals surface area (Å²) in [6.45, 7) is 4.80. The molecule has 1 aromatic carbocycles. The van der Waals surface area contributed by atoms with Crippen LogP contribution in [-0.2, 0) is 0 Å². The number of carbonyl (C=O) groups excluding carboxylic acids is 1. The number of thiazole rings is 1. The van der Waals surface area contributed by atoms with Crippen molar-refractivity contribution in [2.45, 2.75) is 31.3 Å². The molecule has 4 heterocycles. The molecule has 0 radical (unpaired) electrons. The number of aromatic nitrogens is 3. The molecule has 144 valence electrons. The van der Waals surface area contributed by atoms with Gasteiger partial charge in [0.1, 0.15) is 0 Å². The molecular weight excluding hydrogens is 372 g/mol. The topological polar surface area (TPSA) is 74.2 Å². The molecule has 8 heteroatoms. The number of piperidine rings is 1. The normalized spacial score (nSPS) is 20.6. The Balaban J connectivity index is 1.27. The summed E-state index contributed by atoms with van der Waals surface area (Å²) in [6.07, 6.45) is 3.48. The van der Waals surface area contributed by atoms with Crippen molar-refractivity contribution in [2.24, 2.45) is 0 Å². The molecule has 28 heavy (non-hydrogen) atoms. The van der Waals surface area contributed by atoms with Crippen molar-refractivity contribution in [3.8, 4) is 0 Å². The number of amides is 2. The van der Waals surface area contributed by atoms with Gasteiger partial charge < -0.3 is 5.32 Å². The molecule has 2 aliphatic rings. The maximum absolute atomic E-state index is 12.5. The van der Waals surface area contributed by atoms with E-state index in [2.05, 4.69) is 50.5 Å². The van der Waals surface area contributed by atoms with Crippen molar-refractivity contribution in [1.29, 1.82) is 0 Å². The summed E-state index contributed by atoms with van der Waals surface area (Å²) >= 11 is 1.68. The number of nitrogens with one attached hydrogen (secondary N) is 1. The van der Waals surface area contributed by atoms with Crippen molar-refractivity contribution in [1.82, 2.24) is 25.4 Å². The van der Waals surface area contributed by atoms with Gasteiger partial charge >= 0.3 is 6.03 Å². The minimum absolute atomic E-state index is 0.0732. The van der Waals surface area contributed by atoms with Crippen molar-refractivity contribution >= 4 is 33.4 Å². The monoisotopic (exact) mass is 394 g/mol. The van der Waals surface area contributed by atoms with Gasteiger partial charge in [-0.1, -0.05) is 6.07 Å². The van der Waals surface area contributed by atoms with Gasteiger partial charge in [0.05, 0.1) is 27.8 Å². The van der Waals surface area contributed by atoms with E-state index in [4.69, 9.17) is 0 Å². The SMILES string of the molecule is C[C@@H](c1ccc2scnc2c1)N1CCC2(CC1)CN(c1cccnn1)C(=O)N2. The lowest BCUT2D eigenvalue weighted by Gasteiger charge is -2.41. The van der Waals surface area contributed by atoms with E-state index in [1.165, 1.54) is 10.3 Å². The van der Waals surface area contributed by atoms with Gasteiger partial charge in [-0.05, 0) is 49.6 Å². The molecule has 2 saturated heterocycles. The van der Waals surface area contributed by atoms with Crippen LogP contribution in [0, 0.1) is 0 Å². The quantitative estimate of drug-likeness (QED) is 0.738. The fourth-order valence-electron chi connectivity index (χ4n) is 4.30. The molecule has 0 saturated carbocycles. The highest BCUT2D eigenvalue weighted by molar-refractivity contribution is 7.16. The molecule has 1 atom stereocenters. The molecule has 2 fully saturated rings. The van der Waals surface area contributed by atoms with E-state index in [1.807, 2.05) is 17.6 Å². The summed E-state index contributed by atoms with van der Waals surface area (Å²) in [5.74, 6) is 0.615. The van der Waals surface area contributed by atoms with Crippen LogP contribution < -0.4 is 10.2 Å². The highest BCUT2D eigenvalue weighted by Gasteiger charge is 2.45. The summed E-state index contributed by atoms with van der Waals surface area (Å²) in [5.41, 5.74) is 4.09. The number of nitrogens with zero attached hydrogens (tertiary/aromatic N) is 5. The molecule has 0 unspecified atom stereocenters. The van der Waals surface area contributed by atoms with Crippen LogP contribution in [0.25, 0.3) is 10.2 Å². The zero-order valence-electron chi connectivity index (χ0n) is 15.7. The Bertz CT molecular complexity index is 998. The average Bonchev–Trinajstić information content (AvgIpc) is 3.32. The van der Waals surface area contributed by atoms with Crippen molar-refractivity contribution in [3.63, 3.8) is 0 Å². The first-order valence-electron chi connectivity index (χ1n) is 9.58. The fraction of sp³-hybridized carbons (Fsp3) is 0.400. The Morgan fingerprint density at radius 1 is 1.25 bits per heavy atom. The molecule has 5 rings (SSSR count). The summed E-state index contributed by atoms with van der Waals surface area (Å²) in [5, 5.41) is 11.2. The van der Waals surface area contributed by atoms with Gasteiger partial charge in [0.25, 0.3) is 0 Å². The van der Waals surface area contributed by atoms with Crippen LogP contribution >= 0.6 is 11.3 Å². The van der Waals surface area contributed by atoms with Crippen molar-refractivity contribution in [2.75, 3.05) is 24.5 Å². The van der Waals surface area contributed by atoms with Crippen LogP contribution in [0.2, 0.25) is 0 Å². The third-order valence-electron chi connectivity index (χ3n) is 6.05. The third-order valence-corrected chi connectivity index (χ3v) is 6.86. The first-order chi connectivity index (χ1) is 13.6. The van der Waals surface area contributed by atoms with Crippen molar-refractivity contribution < 1.29 is 4.79 Å². The lowest BCUT2D eigenvalue weighted by atomic mass is 9.87. The second-order valence-corrected chi connectivity index (χ2v) is 8.56. The van der Waals surface area contributed by atoms with Crippen LogP contribution in [-0.4, -0.2) is 51.3 Å². The second-order valence-electron chi connectivity index (χ2n) is 7.67. The van der Waals surface area contributed by atoms with E-state index >= 15 is 0 Å². The number of benzene rings is 1. The number of fused-ring (bicyclic) bond motifs is 1. The fourth-order valence-corrected chi connectivity index (χ4v) is 4.96. The molecule has 0 aliphatic carbocycles. The second kappa shape index (κ2) is 6.79. The van der Waals surface area contributed by atoms with Gasteiger partial charge in [-0.25, -0.2) is 9.78 Å². The van der Waals surface area contributed by atoms with Crippen LogP contribution in [0.4, 0.5) is 10.6 Å². The summed E-state index contributed by atoms with van der Waals surface area (Å²) in [6, 6.07) is 10.5.